The second kappa shape index (κ2) is 9.90. The van der Waals surface area contributed by atoms with Crippen LogP contribution in [0.15, 0.2) is 83.1 Å². The number of nitriles is 1. The maximum absolute atomic E-state index is 14.8. The van der Waals surface area contributed by atoms with E-state index in [0.29, 0.717) is 51.0 Å². The summed E-state index contributed by atoms with van der Waals surface area (Å²) in [5.41, 5.74) is 4.44. The van der Waals surface area contributed by atoms with E-state index in [-0.39, 0.29) is 22.1 Å². The van der Waals surface area contributed by atoms with Gasteiger partial charge in [0, 0.05) is 22.1 Å². The minimum atomic E-state index is -4.16. The third kappa shape index (κ3) is 4.39. The zero-order valence-corrected chi connectivity index (χ0v) is 24.9. The normalized spacial score (nSPS) is 21.3. The molecule has 2 fully saturated rings. The van der Waals surface area contributed by atoms with Crippen LogP contribution in [0, 0.1) is 35.4 Å². The van der Waals surface area contributed by atoms with Gasteiger partial charge in [-0.05, 0) is 97.3 Å². The van der Waals surface area contributed by atoms with Gasteiger partial charge in [-0.3, -0.25) is 4.79 Å². The lowest BCUT2D eigenvalue weighted by Gasteiger charge is -2.57. The van der Waals surface area contributed by atoms with Crippen LogP contribution in [0.2, 0.25) is 0 Å². The first-order valence-corrected chi connectivity index (χ1v) is 16.4. The lowest BCUT2D eigenvalue weighted by atomic mass is 9.47. The molecule has 2 aromatic heterocycles. The van der Waals surface area contributed by atoms with Gasteiger partial charge in [0.05, 0.1) is 22.0 Å². The Hall–Kier alpha value is -4.26. The van der Waals surface area contributed by atoms with Gasteiger partial charge in [-0.1, -0.05) is 35.9 Å². The van der Waals surface area contributed by atoms with Crippen LogP contribution < -0.4 is 0 Å². The number of hydrogen-bond acceptors (Lipinski definition) is 5. The molecule has 3 aromatic carbocycles. The number of hydrogen-bond donors (Lipinski definition) is 1. The highest BCUT2D eigenvalue weighted by Gasteiger charge is 2.55. The molecule has 216 valence electrons. The number of nitrogens with zero attached hydrogens (tertiary/aromatic N) is 2. The fourth-order valence-corrected chi connectivity index (χ4v) is 9.32. The maximum atomic E-state index is 14.8. The Morgan fingerprint density at radius 3 is 2.49 bits per heavy atom. The number of carboxylic acid groups (broad SMARTS) is 1. The smallest absolute Gasteiger partial charge is 0.306 e. The SMILES string of the molecule is Cc1ccc(S(=O)(=O)n2c(-c3cccc(C4CC5(CC(C(=O)O)C5)C4)c3)c(-c3ccsc3C#N)c3cc(F)ccc32)cc1. The Balaban J connectivity index is 1.44. The van der Waals surface area contributed by atoms with Crippen LogP contribution in [0.25, 0.3) is 33.3 Å². The summed E-state index contributed by atoms with van der Waals surface area (Å²) in [6.45, 7) is 1.88. The van der Waals surface area contributed by atoms with Crippen LogP contribution in [0.5, 0.6) is 0 Å². The van der Waals surface area contributed by atoms with Crippen molar-refractivity contribution >= 4 is 38.2 Å². The number of carboxylic acids is 1. The summed E-state index contributed by atoms with van der Waals surface area (Å²) in [7, 11) is -4.16. The molecule has 2 heterocycles. The first kappa shape index (κ1) is 27.6. The fourth-order valence-electron chi connectivity index (χ4n) is 7.08. The van der Waals surface area contributed by atoms with Crippen molar-refractivity contribution < 1.29 is 22.7 Å². The lowest BCUT2D eigenvalue weighted by Crippen LogP contribution is -2.48. The monoisotopic (exact) mass is 610 g/mol. The van der Waals surface area contributed by atoms with Gasteiger partial charge in [0.1, 0.15) is 16.8 Å². The van der Waals surface area contributed by atoms with Crippen molar-refractivity contribution in [3.8, 4) is 28.5 Å². The van der Waals surface area contributed by atoms with E-state index in [1.54, 1.807) is 35.7 Å². The van der Waals surface area contributed by atoms with Crippen molar-refractivity contribution in [2.24, 2.45) is 11.3 Å². The van der Waals surface area contributed by atoms with E-state index in [1.165, 1.54) is 33.5 Å². The summed E-state index contributed by atoms with van der Waals surface area (Å²) in [6.07, 6.45) is 3.19. The number of thiophene rings is 1. The molecule has 1 spiro atoms. The predicted octanol–water partition coefficient (Wildman–Crippen LogP) is 7.95. The Bertz CT molecular complexity index is 2070. The molecule has 2 aliphatic rings. The first-order valence-electron chi connectivity index (χ1n) is 14.1. The second-order valence-electron chi connectivity index (χ2n) is 11.9. The third-order valence-electron chi connectivity index (χ3n) is 9.18. The number of benzene rings is 3. The molecule has 2 saturated carbocycles. The molecule has 0 unspecified atom stereocenters. The molecule has 0 amide bonds. The van der Waals surface area contributed by atoms with Crippen LogP contribution >= 0.6 is 11.3 Å². The minimum absolute atomic E-state index is 0.0778. The van der Waals surface area contributed by atoms with Gasteiger partial charge in [-0.15, -0.1) is 11.3 Å². The predicted molar refractivity (Wildman–Crippen MR) is 164 cm³/mol. The average molecular weight is 611 g/mol. The number of fused-ring (bicyclic) bond motifs is 1. The summed E-state index contributed by atoms with van der Waals surface area (Å²) in [5.74, 6) is -1.27. The van der Waals surface area contributed by atoms with Crippen molar-refractivity contribution in [1.82, 2.24) is 3.97 Å². The number of aryl methyl sites for hydroxylation is 1. The van der Waals surface area contributed by atoms with E-state index in [1.807, 2.05) is 31.2 Å². The summed E-state index contributed by atoms with van der Waals surface area (Å²) in [4.78, 5) is 11.9. The van der Waals surface area contributed by atoms with Gasteiger partial charge in [-0.2, -0.15) is 5.26 Å². The summed E-state index contributed by atoms with van der Waals surface area (Å²) in [6, 6.07) is 22.5. The highest BCUT2D eigenvalue weighted by Crippen LogP contribution is 2.64. The highest BCUT2D eigenvalue weighted by atomic mass is 32.2. The molecule has 0 radical (unpaired) electrons. The van der Waals surface area contributed by atoms with E-state index in [0.717, 1.165) is 24.0 Å². The van der Waals surface area contributed by atoms with Crippen LogP contribution in [0.1, 0.15) is 47.6 Å². The molecule has 2 aliphatic carbocycles. The van der Waals surface area contributed by atoms with Gasteiger partial charge < -0.3 is 5.11 Å². The molecular formula is C34H27FN2O4S2. The van der Waals surface area contributed by atoms with Crippen LogP contribution in [0.4, 0.5) is 4.39 Å². The van der Waals surface area contributed by atoms with Crippen LogP contribution in [0.3, 0.4) is 0 Å². The first-order chi connectivity index (χ1) is 20.6. The standard InChI is InChI=1S/C34H27FN2O4S2/c1-20-5-8-26(9-6-20)43(40,41)37-29-10-7-25(35)14-28(29)31(27-11-12-42-30(27)19-36)32(37)22-4-2-3-21(13-22)23-15-34(16-23)17-24(18-34)33(38)39/h2-14,23-24H,15-18H2,1H3,(H,38,39). The van der Waals surface area contributed by atoms with Crippen molar-refractivity contribution in [3.05, 3.63) is 100.0 Å². The fraction of sp³-hybridized carbons (Fsp3) is 0.235. The molecule has 7 rings (SSSR count). The van der Waals surface area contributed by atoms with Gasteiger partial charge >= 0.3 is 5.97 Å². The van der Waals surface area contributed by atoms with Gasteiger partial charge in [0.15, 0.2) is 0 Å². The number of halogens is 1. The topological polar surface area (TPSA) is 100 Å². The summed E-state index contributed by atoms with van der Waals surface area (Å²) >= 11 is 1.25. The summed E-state index contributed by atoms with van der Waals surface area (Å²) < 4.78 is 45.0. The lowest BCUT2D eigenvalue weighted by molar-refractivity contribution is -0.155. The molecule has 6 nitrogen and oxygen atoms in total. The van der Waals surface area contributed by atoms with Gasteiger partial charge in [0.2, 0.25) is 0 Å². The molecule has 43 heavy (non-hydrogen) atoms. The second-order valence-corrected chi connectivity index (χ2v) is 14.6. The van der Waals surface area contributed by atoms with E-state index in [2.05, 4.69) is 6.07 Å². The van der Waals surface area contributed by atoms with Gasteiger partial charge in [0.25, 0.3) is 10.0 Å². The molecule has 0 aliphatic heterocycles. The largest absolute Gasteiger partial charge is 0.481 e. The Kier molecular flexibility index (Phi) is 6.35. The summed E-state index contributed by atoms with van der Waals surface area (Å²) in [5, 5.41) is 21.5. The minimum Gasteiger partial charge on any atom is -0.481 e. The van der Waals surface area contributed by atoms with Crippen molar-refractivity contribution in [1.29, 1.82) is 5.26 Å². The maximum Gasteiger partial charge on any atom is 0.306 e. The zero-order chi connectivity index (χ0) is 30.1. The van der Waals surface area contributed by atoms with Crippen molar-refractivity contribution in [3.63, 3.8) is 0 Å². The van der Waals surface area contributed by atoms with E-state index >= 15 is 0 Å². The Morgan fingerprint density at radius 2 is 1.79 bits per heavy atom. The zero-order valence-electron chi connectivity index (χ0n) is 23.2. The van der Waals surface area contributed by atoms with Crippen molar-refractivity contribution in [2.45, 2.75) is 43.4 Å². The molecule has 1 N–H and O–H groups in total. The molecule has 0 bridgehead atoms. The number of aromatic nitrogens is 1. The van der Waals surface area contributed by atoms with Crippen LogP contribution in [-0.2, 0) is 14.8 Å². The molecule has 0 atom stereocenters. The van der Waals surface area contributed by atoms with Gasteiger partial charge in [-0.25, -0.2) is 16.8 Å². The van der Waals surface area contributed by atoms with E-state index in [9.17, 15) is 28.0 Å². The average Bonchev–Trinajstić information content (AvgIpc) is 3.53. The van der Waals surface area contributed by atoms with Crippen molar-refractivity contribution in [2.75, 3.05) is 0 Å². The number of rotatable bonds is 6. The Morgan fingerprint density at radius 1 is 1.05 bits per heavy atom. The highest BCUT2D eigenvalue weighted by molar-refractivity contribution is 7.90. The van der Waals surface area contributed by atoms with Crippen LogP contribution in [-0.4, -0.2) is 23.5 Å². The molecule has 0 saturated heterocycles. The van der Waals surface area contributed by atoms with E-state index in [4.69, 9.17) is 0 Å². The third-order valence-corrected chi connectivity index (χ3v) is 11.7. The Labute approximate surface area is 252 Å². The quantitative estimate of drug-likeness (QED) is 0.210. The number of carbonyl (C=O) groups is 1. The molecule has 5 aromatic rings. The van der Waals surface area contributed by atoms with E-state index < -0.39 is 21.8 Å². The number of aliphatic carboxylic acids is 1. The molecule has 9 heteroatoms. The molecular weight excluding hydrogens is 584 g/mol.